The maximum atomic E-state index is 12.9. The quantitative estimate of drug-likeness (QED) is 0.280. The van der Waals surface area contributed by atoms with E-state index in [0.717, 1.165) is 51.5 Å². The summed E-state index contributed by atoms with van der Waals surface area (Å²) in [6, 6.07) is 9.41. The van der Waals surface area contributed by atoms with Crippen molar-refractivity contribution >= 4 is 11.9 Å². The molecule has 0 aromatic heterocycles. The number of piperidine rings is 1. The molecule has 6 aliphatic rings. The fourth-order valence-corrected chi connectivity index (χ4v) is 11.4. The molecular formula is C36H49NO4. The van der Waals surface area contributed by atoms with Crippen molar-refractivity contribution in [2.24, 2.45) is 46.3 Å². The Bertz CT molecular complexity index is 1240. The summed E-state index contributed by atoms with van der Waals surface area (Å²) in [7, 11) is 0. The van der Waals surface area contributed by atoms with Gasteiger partial charge < -0.3 is 14.4 Å². The molecule has 5 nitrogen and oxygen atoms in total. The SMILES string of the molecule is CC(=O)N1C[C@H](C)CC[C@]12O[C@@H]1C[C@@H]3[C@@H]4CC=C5C[C@H](OC(=O)c6ccccc6)CC[C@]5(C)[C@@H]4CC[C@]3(C)[C@H]1[C@@H]2C. The van der Waals surface area contributed by atoms with Crippen molar-refractivity contribution in [1.82, 2.24) is 4.90 Å². The summed E-state index contributed by atoms with van der Waals surface area (Å²) in [5.74, 6) is 3.48. The molecule has 0 N–H and O–H groups in total. The average molecular weight is 560 g/mol. The molecule has 1 aromatic rings. The Labute approximate surface area is 246 Å². The first-order chi connectivity index (χ1) is 19.6. The number of nitrogens with zero attached hydrogens (tertiary/aromatic N) is 1. The third kappa shape index (κ3) is 4.03. The second-order valence-corrected chi connectivity index (χ2v) is 15.3. The number of rotatable bonds is 2. The summed E-state index contributed by atoms with van der Waals surface area (Å²) in [5, 5.41) is 0. The number of hydrogen-bond acceptors (Lipinski definition) is 4. The predicted octanol–water partition coefficient (Wildman–Crippen LogP) is 7.41. The number of hydrogen-bond donors (Lipinski definition) is 0. The van der Waals surface area contributed by atoms with Crippen LogP contribution in [0.2, 0.25) is 0 Å². The Kier molecular flexibility index (Phi) is 6.54. The van der Waals surface area contributed by atoms with Crippen LogP contribution in [0.1, 0.15) is 103 Å². The van der Waals surface area contributed by atoms with Crippen LogP contribution in [-0.2, 0) is 14.3 Å². The van der Waals surface area contributed by atoms with E-state index in [1.807, 2.05) is 30.3 Å². The predicted molar refractivity (Wildman–Crippen MR) is 159 cm³/mol. The second kappa shape index (κ2) is 9.69. The molecule has 1 amide bonds. The van der Waals surface area contributed by atoms with Gasteiger partial charge in [-0.2, -0.15) is 0 Å². The highest BCUT2D eigenvalue weighted by molar-refractivity contribution is 5.89. The molecule has 2 aliphatic heterocycles. The minimum Gasteiger partial charge on any atom is -0.458 e. The van der Waals surface area contributed by atoms with E-state index in [2.05, 4.69) is 38.7 Å². The Balaban J connectivity index is 1.09. The van der Waals surface area contributed by atoms with Gasteiger partial charge in [0.05, 0.1) is 11.7 Å². The zero-order chi connectivity index (χ0) is 28.7. The van der Waals surface area contributed by atoms with E-state index >= 15 is 0 Å². The van der Waals surface area contributed by atoms with Crippen LogP contribution in [0.4, 0.5) is 0 Å². The van der Waals surface area contributed by atoms with Crippen LogP contribution in [0.15, 0.2) is 42.0 Å². The van der Waals surface area contributed by atoms with Crippen molar-refractivity contribution in [3.63, 3.8) is 0 Å². The molecule has 5 fully saturated rings. The first-order valence-corrected chi connectivity index (χ1v) is 16.5. The smallest absolute Gasteiger partial charge is 0.338 e. The van der Waals surface area contributed by atoms with Gasteiger partial charge in [0.2, 0.25) is 5.91 Å². The Hall–Kier alpha value is -2.14. The molecule has 5 heteroatoms. The van der Waals surface area contributed by atoms with E-state index in [9.17, 15) is 9.59 Å². The minimum atomic E-state index is -0.403. The highest BCUT2D eigenvalue weighted by Gasteiger charge is 2.69. The first-order valence-electron chi connectivity index (χ1n) is 16.5. The molecule has 2 heterocycles. The lowest BCUT2D eigenvalue weighted by Crippen LogP contribution is -2.60. The topological polar surface area (TPSA) is 55.8 Å². The maximum absolute atomic E-state index is 12.9. The zero-order valence-electron chi connectivity index (χ0n) is 25.7. The standard InChI is InChI=1S/C36H49NO4/c1-22-13-18-36(37(21-22)24(3)38)23(2)32-31(41-36)20-30-28-12-11-26-19-27(40-33(39)25-9-7-6-8-10-25)14-16-34(26,4)29(28)15-17-35(30,32)5/h6-11,22-23,27-32H,12-21H2,1-5H3/t22-,23+,27-,28-,29-,30-,31-,32+,34+,35+,36-/m1/s1. The average Bonchev–Trinajstić information content (AvgIpc) is 3.40. The normalized spacial score (nSPS) is 46.7. The van der Waals surface area contributed by atoms with Crippen LogP contribution in [0, 0.1) is 46.3 Å². The van der Waals surface area contributed by atoms with Gasteiger partial charge in [-0.3, -0.25) is 4.79 Å². The highest BCUT2D eigenvalue weighted by atomic mass is 16.5. The number of carbonyl (C=O) groups is 2. The van der Waals surface area contributed by atoms with Crippen LogP contribution >= 0.6 is 0 Å². The summed E-state index contributed by atoms with van der Waals surface area (Å²) in [6.45, 7) is 12.4. The number of fused-ring (bicyclic) bond motifs is 7. The van der Waals surface area contributed by atoms with Gasteiger partial charge in [-0.15, -0.1) is 0 Å². The molecule has 4 aliphatic carbocycles. The number of ether oxygens (including phenoxy) is 2. The van der Waals surface area contributed by atoms with E-state index < -0.39 is 5.72 Å². The molecule has 3 saturated carbocycles. The number of carbonyl (C=O) groups excluding carboxylic acids is 2. The summed E-state index contributed by atoms with van der Waals surface area (Å²) in [5.41, 5.74) is 2.25. The van der Waals surface area contributed by atoms with Gasteiger partial charge in [0.25, 0.3) is 0 Å². The van der Waals surface area contributed by atoms with Crippen LogP contribution in [0.5, 0.6) is 0 Å². The van der Waals surface area contributed by atoms with Gasteiger partial charge in [0, 0.05) is 25.8 Å². The number of allylic oxidation sites excluding steroid dienone is 1. The monoisotopic (exact) mass is 559 g/mol. The molecule has 0 bridgehead atoms. The first kappa shape index (κ1) is 27.7. The van der Waals surface area contributed by atoms with Crippen LogP contribution < -0.4 is 0 Å². The minimum absolute atomic E-state index is 0.0221. The molecule has 11 atom stereocenters. The van der Waals surface area contributed by atoms with Gasteiger partial charge in [-0.1, -0.05) is 57.5 Å². The maximum Gasteiger partial charge on any atom is 0.338 e. The lowest BCUT2D eigenvalue weighted by molar-refractivity contribution is -0.200. The van der Waals surface area contributed by atoms with Crippen molar-refractivity contribution in [3.8, 4) is 0 Å². The molecule has 41 heavy (non-hydrogen) atoms. The molecule has 0 unspecified atom stereocenters. The zero-order valence-corrected chi connectivity index (χ0v) is 25.7. The summed E-state index contributed by atoms with van der Waals surface area (Å²) in [4.78, 5) is 27.7. The summed E-state index contributed by atoms with van der Waals surface area (Å²) in [6.07, 6.45) is 12.7. The summed E-state index contributed by atoms with van der Waals surface area (Å²) >= 11 is 0. The fraction of sp³-hybridized carbons (Fsp3) is 0.722. The van der Waals surface area contributed by atoms with Gasteiger partial charge in [-0.25, -0.2) is 4.79 Å². The lowest BCUT2D eigenvalue weighted by Gasteiger charge is -2.59. The fourth-order valence-electron chi connectivity index (χ4n) is 11.4. The Morgan fingerprint density at radius 3 is 2.54 bits per heavy atom. The molecule has 1 spiro atoms. The number of amides is 1. The van der Waals surface area contributed by atoms with Gasteiger partial charge in [-0.05, 0) is 104 Å². The number of benzene rings is 1. The van der Waals surface area contributed by atoms with E-state index in [1.54, 1.807) is 6.92 Å². The molecule has 1 aromatic carbocycles. The van der Waals surface area contributed by atoms with Crippen molar-refractivity contribution in [2.75, 3.05) is 6.54 Å². The van der Waals surface area contributed by atoms with Crippen molar-refractivity contribution in [1.29, 1.82) is 0 Å². The number of likely N-dealkylation sites (tertiary alicyclic amines) is 1. The molecule has 0 radical (unpaired) electrons. The van der Waals surface area contributed by atoms with E-state index in [-0.39, 0.29) is 34.9 Å². The second-order valence-electron chi connectivity index (χ2n) is 15.3. The van der Waals surface area contributed by atoms with Crippen molar-refractivity contribution in [3.05, 3.63) is 47.5 Å². The highest BCUT2D eigenvalue weighted by Crippen LogP contribution is 2.70. The number of esters is 1. The Morgan fingerprint density at radius 1 is 1.00 bits per heavy atom. The third-order valence-electron chi connectivity index (χ3n) is 13.4. The van der Waals surface area contributed by atoms with E-state index in [1.165, 1.54) is 18.4 Å². The molecule has 2 saturated heterocycles. The summed E-state index contributed by atoms with van der Waals surface area (Å²) < 4.78 is 13.2. The van der Waals surface area contributed by atoms with Crippen molar-refractivity contribution in [2.45, 2.75) is 110 Å². The van der Waals surface area contributed by atoms with Gasteiger partial charge >= 0.3 is 5.97 Å². The van der Waals surface area contributed by atoms with Crippen LogP contribution in [-0.4, -0.2) is 41.3 Å². The van der Waals surface area contributed by atoms with Crippen molar-refractivity contribution < 1.29 is 19.1 Å². The lowest BCUT2D eigenvalue weighted by atomic mass is 9.46. The van der Waals surface area contributed by atoms with Crippen LogP contribution in [0.25, 0.3) is 0 Å². The Morgan fingerprint density at radius 2 is 1.78 bits per heavy atom. The van der Waals surface area contributed by atoms with Gasteiger partial charge in [0.1, 0.15) is 11.8 Å². The third-order valence-corrected chi connectivity index (χ3v) is 13.4. The molecular weight excluding hydrogens is 510 g/mol. The van der Waals surface area contributed by atoms with Gasteiger partial charge in [0.15, 0.2) is 0 Å². The molecule has 7 rings (SSSR count). The largest absolute Gasteiger partial charge is 0.458 e. The molecule has 222 valence electrons. The van der Waals surface area contributed by atoms with Crippen LogP contribution in [0.3, 0.4) is 0 Å². The van der Waals surface area contributed by atoms with E-state index in [4.69, 9.17) is 9.47 Å². The van der Waals surface area contributed by atoms with E-state index in [0.29, 0.717) is 41.1 Å².